The lowest BCUT2D eigenvalue weighted by molar-refractivity contribution is 0.149. The summed E-state index contributed by atoms with van der Waals surface area (Å²) < 4.78 is 9.53. The Morgan fingerprint density at radius 3 is 2.23 bits per heavy atom. The molecule has 0 saturated heterocycles. The van der Waals surface area contributed by atoms with Crippen LogP contribution in [0.15, 0.2) is 29.3 Å². The van der Waals surface area contributed by atoms with E-state index in [0.717, 1.165) is 31.2 Å². The lowest BCUT2D eigenvalue weighted by atomic mass is 10.2. The summed E-state index contributed by atoms with van der Waals surface area (Å²) in [5.41, 5.74) is 2.24. The highest BCUT2D eigenvalue weighted by molar-refractivity contribution is 5.79. The second-order valence-electron chi connectivity index (χ2n) is 5.84. The third-order valence-corrected chi connectivity index (χ3v) is 3.60. The quantitative estimate of drug-likeness (QED) is 0.467. The largest absolute Gasteiger partial charge is 0.453 e. The second kappa shape index (κ2) is 13.7. The van der Waals surface area contributed by atoms with Crippen molar-refractivity contribution in [3.8, 4) is 0 Å². The van der Waals surface area contributed by atoms with E-state index in [1.54, 1.807) is 6.21 Å². The van der Waals surface area contributed by atoms with Crippen molar-refractivity contribution in [2.45, 2.75) is 32.6 Å². The zero-order valence-corrected chi connectivity index (χ0v) is 15.6. The Kier molecular flexibility index (Phi) is 11.3. The minimum atomic E-state index is -0.414. The molecule has 0 fully saturated rings. The number of aliphatic imine (C=N–C) groups is 1. The van der Waals surface area contributed by atoms with Gasteiger partial charge in [-0.25, -0.2) is 9.59 Å². The zero-order valence-electron chi connectivity index (χ0n) is 15.6. The highest BCUT2D eigenvalue weighted by atomic mass is 16.5. The van der Waals surface area contributed by atoms with Gasteiger partial charge in [0.25, 0.3) is 0 Å². The Morgan fingerprint density at radius 2 is 1.62 bits per heavy atom. The fraction of sp³-hybridized carbons (Fsp3) is 0.526. The first-order valence-electron chi connectivity index (χ1n) is 8.90. The normalized spacial score (nSPS) is 10.5. The Balaban J connectivity index is 1.94. The predicted octanol–water partition coefficient (Wildman–Crippen LogP) is 3.06. The van der Waals surface area contributed by atoms with Gasteiger partial charge in [0.1, 0.15) is 6.61 Å². The highest BCUT2D eigenvalue weighted by Crippen LogP contribution is 2.00. The van der Waals surface area contributed by atoms with Gasteiger partial charge in [-0.15, -0.1) is 0 Å². The average Bonchev–Trinajstić information content (AvgIpc) is 2.64. The van der Waals surface area contributed by atoms with E-state index in [9.17, 15) is 9.59 Å². The molecule has 0 aliphatic rings. The Hall–Kier alpha value is -2.57. The number of benzene rings is 1. The second-order valence-corrected chi connectivity index (χ2v) is 5.84. The summed E-state index contributed by atoms with van der Waals surface area (Å²) in [6.45, 7) is 3.92. The summed E-state index contributed by atoms with van der Waals surface area (Å²) in [6.07, 6.45) is 4.67. The number of unbranched alkanes of at least 4 members (excludes halogenated alkanes) is 3. The molecule has 0 unspecified atom stereocenters. The predicted molar refractivity (Wildman–Crippen MR) is 102 cm³/mol. The molecule has 0 radical (unpaired) electrons. The molecule has 0 saturated carbocycles. The molecule has 26 heavy (non-hydrogen) atoms. The first-order chi connectivity index (χ1) is 12.6. The van der Waals surface area contributed by atoms with E-state index in [0.29, 0.717) is 19.6 Å². The van der Waals surface area contributed by atoms with E-state index < -0.39 is 12.2 Å². The molecule has 7 nitrogen and oxygen atoms in total. The number of nitrogens with one attached hydrogen (secondary N) is 2. The zero-order chi connectivity index (χ0) is 19.0. The van der Waals surface area contributed by atoms with Crippen molar-refractivity contribution in [3.63, 3.8) is 0 Å². The monoisotopic (exact) mass is 363 g/mol. The van der Waals surface area contributed by atoms with Crippen LogP contribution in [-0.2, 0) is 9.47 Å². The molecule has 0 atom stereocenters. The fourth-order valence-corrected chi connectivity index (χ4v) is 2.12. The van der Waals surface area contributed by atoms with Gasteiger partial charge in [-0.1, -0.05) is 42.7 Å². The van der Waals surface area contributed by atoms with Crippen molar-refractivity contribution >= 4 is 18.4 Å². The average molecular weight is 363 g/mol. The molecule has 1 aromatic carbocycles. The summed E-state index contributed by atoms with van der Waals surface area (Å²) in [5, 5.41) is 5.34. The number of amides is 2. The van der Waals surface area contributed by atoms with Crippen molar-refractivity contribution in [2.75, 3.05) is 33.4 Å². The summed E-state index contributed by atoms with van der Waals surface area (Å²) in [5.74, 6) is 0. The van der Waals surface area contributed by atoms with E-state index in [4.69, 9.17) is 4.74 Å². The summed E-state index contributed by atoms with van der Waals surface area (Å²) >= 11 is 0. The molecule has 1 aromatic rings. The molecule has 0 bridgehead atoms. The molecule has 1 rings (SSSR count). The Morgan fingerprint density at radius 1 is 1.00 bits per heavy atom. The van der Waals surface area contributed by atoms with Gasteiger partial charge in [0, 0.05) is 19.3 Å². The molecule has 0 aliphatic carbocycles. The van der Waals surface area contributed by atoms with Gasteiger partial charge in [0.2, 0.25) is 0 Å². The summed E-state index contributed by atoms with van der Waals surface area (Å²) in [4.78, 5) is 26.6. The van der Waals surface area contributed by atoms with Crippen LogP contribution in [0.3, 0.4) is 0 Å². The van der Waals surface area contributed by atoms with E-state index in [2.05, 4.69) is 20.4 Å². The van der Waals surface area contributed by atoms with Crippen molar-refractivity contribution in [1.82, 2.24) is 10.6 Å². The van der Waals surface area contributed by atoms with Gasteiger partial charge >= 0.3 is 12.2 Å². The summed E-state index contributed by atoms with van der Waals surface area (Å²) in [7, 11) is 1.34. The fourth-order valence-electron chi connectivity index (χ4n) is 2.12. The van der Waals surface area contributed by atoms with Crippen molar-refractivity contribution in [2.24, 2.45) is 4.99 Å². The Labute approximate surface area is 155 Å². The number of methoxy groups -OCH3 is 1. The van der Waals surface area contributed by atoms with Crippen LogP contribution in [0.1, 0.15) is 36.8 Å². The maximum absolute atomic E-state index is 11.5. The van der Waals surface area contributed by atoms with Crippen LogP contribution in [0.4, 0.5) is 9.59 Å². The molecule has 2 amide bonds. The van der Waals surface area contributed by atoms with E-state index in [1.165, 1.54) is 12.7 Å². The van der Waals surface area contributed by atoms with Crippen LogP contribution in [-0.4, -0.2) is 51.8 Å². The van der Waals surface area contributed by atoms with E-state index in [-0.39, 0.29) is 6.61 Å². The third-order valence-electron chi connectivity index (χ3n) is 3.60. The Bertz CT molecular complexity index is 558. The molecular formula is C19H29N3O4. The SMILES string of the molecule is COC(=O)NCCCCCCNC(=O)OCCN=Cc1ccc(C)cc1. The van der Waals surface area contributed by atoms with Gasteiger partial charge < -0.3 is 20.1 Å². The maximum atomic E-state index is 11.5. The highest BCUT2D eigenvalue weighted by Gasteiger charge is 2.00. The minimum absolute atomic E-state index is 0.257. The van der Waals surface area contributed by atoms with Gasteiger partial charge in [0.05, 0.1) is 13.7 Å². The smallest absolute Gasteiger partial charge is 0.407 e. The number of aryl methyl sites for hydroxylation is 1. The van der Waals surface area contributed by atoms with Crippen molar-refractivity contribution in [3.05, 3.63) is 35.4 Å². The number of hydrogen-bond acceptors (Lipinski definition) is 5. The maximum Gasteiger partial charge on any atom is 0.407 e. The topological polar surface area (TPSA) is 89.0 Å². The molecule has 7 heteroatoms. The first-order valence-corrected chi connectivity index (χ1v) is 8.90. The van der Waals surface area contributed by atoms with Crippen molar-refractivity contribution < 1.29 is 19.1 Å². The van der Waals surface area contributed by atoms with Crippen LogP contribution in [0.5, 0.6) is 0 Å². The van der Waals surface area contributed by atoms with Crippen LogP contribution in [0.25, 0.3) is 0 Å². The number of alkyl carbamates (subject to hydrolysis) is 2. The number of carbonyl (C=O) groups excluding carboxylic acids is 2. The van der Waals surface area contributed by atoms with Crippen LogP contribution < -0.4 is 10.6 Å². The minimum Gasteiger partial charge on any atom is -0.453 e. The van der Waals surface area contributed by atoms with Gasteiger partial charge in [-0.3, -0.25) is 4.99 Å². The molecular weight excluding hydrogens is 334 g/mol. The van der Waals surface area contributed by atoms with Gasteiger partial charge in [-0.2, -0.15) is 0 Å². The number of hydrogen-bond donors (Lipinski definition) is 2. The first kappa shape index (κ1) is 21.5. The van der Waals surface area contributed by atoms with Crippen LogP contribution >= 0.6 is 0 Å². The standard InChI is InChI=1S/C19H29N3O4/c1-16-7-9-17(10-8-16)15-20-13-14-26-19(24)22-12-6-4-3-5-11-21-18(23)25-2/h7-10,15H,3-6,11-14H2,1-2H3,(H,21,23)(H,22,24). The van der Waals surface area contributed by atoms with Crippen LogP contribution in [0.2, 0.25) is 0 Å². The lowest BCUT2D eigenvalue weighted by Gasteiger charge is -2.06. The van der Waals surface area contributed by atoms with Gasteiger partial charge in [-0.05, 0) is 25.3 Å². The summed E-state index contributed by atoms with van der Waals surface area (Å²) in [6, 6.07) is 8.05. The van der Waals surface area contributed by atoms with Gasteiger partial charge in [0.15, 0.2) is 0 Å². The number of ether oxygens (including phenoxy) is 2. The third kappa shape index (κ3) is 11.1. The van der Waals surface area contributed by atoms with Crippen molar-refractivity contribution in [1.29, 1.82) is 0 Å². The van der Waals surface area contributed by atoms with E-state index in [1.807, 2.05) is 31.2 Å². The molecule has 144 valence electrons. The molecule has 0 aromatic heterocycles. The van der Waals surface area contributed by atoms with Crippen LogP contribution in [0, 0.1) is 6.92 Å². The number of carbonyl (C=O) groups is 2. The van der Waals surface area contributed by atoms with E-state index >= 15 is 0 Å². The lowest BCUT2D eigenvalue weighted by Crippen LogP contribution is -2.26. The number of rotatable bonds is 11. The molecule has 0 spiro atoms. The molecule has 0 heterocycles. The number of nitrogens with zero attached hydrogens (tertiary/aromatic N) is 1. The molecule has 2 N–H and O–H groups in total. The molecule has 0 aliphatic heterocycles.